The summed E-state index contributed by atoms with van der Waals surface area (Å²) in [6.07, 6.45) is 3.85. The van der Waals surface area contributed by atoms with Gasteiger partial charge >= 0.3 is 0 Å². The maximum atomic E-state index is 12.0. The van der Waals surface area contributed by atoms with Crippen molar-refractivity contribution < 1.29 is 14.5 Å². The summed E-state index contributed by atoms with van der Waals surface area (Å²) in [5, 5.41) is 16.3. The van der Waals surface area contributed by atoms with Gasteiger partial charge in [0.05, 0.1) is 11.0 Å². The SMILES string of the molecule is CCC(C)Oc1cccc(NC(=S)NC(=O)/C=C/c2ccc([N+](=O)[O-])cc2)c1. The van der Waals surface area contributed by atoms with Gasteiger partial charge in [-0.1, -0.05) is 13.0 Å². The van der Waals surface area contributed by atoms with Crippen molar-refractivity contribution in [2.75, 3.05) is 5.32 Å². The first-order valence-corrected chi connectivity index (χ1v) is 9.09. The fourth-order valence-electron chi connectivity index (χ4n) is 2.16. The number of hydrogen-bond acceptors (Lipinski definition) is 5. The number of non-ortho nitro benzene ring substituents is 1. The van der Waals surface area contributed by atoms with Crippen molar-refractivity contribution in [2.24, 2.45) is 0 Å². The van der Waals surface area contributed by atoms with Crippen LogP contribution in [0.25, 0.3) is 6.08 Å². The van der Waals surface area contributed by atoms with Gasteiger partial charge in [0, 0.05) is 30.0 Å². The number of benzene rings is 2. The Bertz CT molecular complexity index is 881. The zero-order chi connectivity index (χ0) is 20.5. The number of thiocarbonyl (C=S) groups is 1. The number of nitro benzene ring substituents is 1. The number of ether oxygens (including phenoxy) is 1. The van der Waals surface area contributed by atoms with Crippen molar-refractivity contribution in [3.05, 3.63) is 70.3 Å². The average molecular weight is 399 g/mol. The minimum absolute atomic E-state index is 0.00785. The highest BCUT2D eigenvalue weighted by Gasteiger charge is 2.06. The summed E-state index contributed by atoms with van der Waals surface area (Å²) in [7, 11) is 0. The number of anilines is 1. The van der Waals surface area contributed by atoms with Gasteiger partial charge in [-0.3, -0.25) is 20.2 Å². The molecule has 2 N–H and O–H groups in total. The molecule has 0 bridgehead atoms. The monoisotopic (exact) mass is 399 g/mol. The first kappa shape index (κ1) is 21.0. The molecular weight excluding hydrogens is 378 g/mol. The third-order valence-electron chi connectivity index (χ3n) is 3.77. The third-order valence-corrected chi connectivity index (χ3v) is 3.98. The largest absolute Gasteiger partial charge is 0.491 e. The molecule has 0 spiro atoms. The highest BCUT2D eigenvalue weighted by Crippen LogP contribution is 2.19. The Morgan fingerprint density at radius 1 is 1.29 bits per heavy atom. The lowest BCUT2D eigenvalue weighted by molar-refractivity contribution is -0.384. The van der Waals surface area contributed by atoms with Crippen LogP contribution in [-0.4, -0.2) is 22.0 Å². The van der Waals surface area contributed by atoms with Gasteiger partial charge in [-0.2, -0.15) is 0 Å². The lowest BCUT2D eigenvalue weighted by Crippen LogP contribution is -2.32. The summed E-state index contributed by atoms with van der Waals surface area (Å²) < 4.78 is 5.75. The Balaban J connectivity index is 1.89. The molecule has 1 atom stereocenters. The molecule has 0 saturated heterocycles. The van der Waals surface area contributed by atoms with Crippen molar-refractivity contribution >= 4 is 40.7 Å². The van der Waals surface area contributed by atoms with E-state index in [0.717, 1.165) is 6.42 Å². The van der Waals surface area contributed by atoms with Crippen LogP contribution < -0.4 is 15.4 Å². The van der Waals surface area contributed by atoms with Crippen LogP contribution in [0.2, 0.25) is 0 Å². The molecule has 0 aliphatic carbocycles. The minimum Gasteiger partial charge on any atom is -0.491 e. The standard InChI is InChI=1S/C20H21N3O4S/c1-3-14(2)27-18-6-4-5-16(13-18)21-20(28)22-19(24)12-9-15-7-10-17(11-8-15)23(25)26/h4-14H,3H2,1-2H3,(H2,21,22,24,28)/b12-9+. The topological polar surface area (TPSA) is 93.5 Å². The Morgan fingerprint density at radius 3 is 2.64 bits per heavy atom. The number of nitrogens with one attached hydrogen (secondary N) is 2. The molecule has 0 saturated carbocycles. The Kier molecular flexibility index (Phi) is 7.65. The van der Waals surface area contributed by atoms with Crippen LogP contribution in [0.3, 0.4) is 0 Å². The van der Waals surface area contributed by atoms with E-state index in [0.29, 0.717) is 17.0 Å². The van der Waals surface area contributed by atoms with Crippen molar-refractivity contribution in [3.63, 3.8) is 0 Å². The highest BCUT2D eigenvalue weighted by atomic mass is 32.1. The average Bonchev–Trinajstić information content (AvgIpc) is 2.66. The molecular formula is C20H21N3O4S. The lowest BCUT2D eigenvalue weighted by atomic mass is 10.2. The number of nitrogens with zero attached hydrogens (tertiary/aromatic N) is 1. The normalized spacial score (nSPS) is 11.6. The van der Waals surface area contributed by atoms with Gasteiger partial charge in [-0.15, -0.1) is 0 Å². The first-order chi connectivity index (χ1) is 13.4. The Labute approximate surface area is 168 Å². The van der Waals surface area contributed by atoms with Crippen LogP contribution in [0.4, 0.5) is 11.4 Å². The fourth-order valence-corrected chi connectivity index (χ4v) is 2.38. The second kappa shape index (κ2) is 10.2. The second-order valence-corrected chi connectivity index (χ2v) is 6.40. The predicted octanol–water partition coefficient (Wildman–Crippen LogP) is 4.30. The predicted molar refractivity (Wildman–Crippen MR) is 113 cm³/mol. The molecule has 2 aromatic rings. The molecule has 0 fully saturated rings. The quantitative estimate of drug-likeness (QED) is 0.312. The van der Waals surface area contributed by atoms with Gasteiger partial charge in [0.2, 0.25) is 5.91 Å². The first-order valence-electron chi connectivity index (χ1n) is 8.68. The summed E-state index contributed by atoms with van der Waals surface area (Å²) in [5.74, 6) is 0.300. The molecule has 8 heteroatoms. The van der Waals surface area contributed by atoms with Gasteiger partial charge in [-0.25, -0.2) is 0 Å². The molecule has 0 aromatic heterocycles. The zero-order valence-corrected chi connectivity index (χ0v) is 16.4. The van der Waals surface area contributed by atoms with Gasteiger partial charge in [-0.05, 0) is 61.5 Å². The molecule has 2 rings (SSSR count). The van der Waals surface area contributed by atoms with E-state index in [9.17, 15) is 14.9 Å². The summed E-state index contributed by atoms with van der Waals surface area (Å²) in [4.78, 5) is 22.1. The molecule has 0 radical (unpaired) electrons. The number of hydrogen-bond donors (Lipinski definition) is 2. The molecule has 2 aromatic carbocycles. The van der Waals surface area contributed by atoms with E-state index in [1.807, 2.05) is 32.0 Å². The highest BCUT2D eigenvalue weighted by molar-refractivity contribution is 7.80. The molecule has 0 aliphatic rings. The molecule has 146 valence electrons. The van der Waals surface area contributed by atoms with E-state index in [1.54, 1.807) is 24.3 Å². The maximum Gasteiger partial charge on any atom is 0.269 e. The van der Waals surface area contributed by atoms with Crippen molar-refractivity contribution in [3.8, 4) is 5.75 Å². The van der Waals surface area contributed by atoms with E-state index in [2.05, 4.69) is 10.6 Å². The summed E-state index contributed by atoms with van der Waals surface area (Å²) in [6.45, 7) is 4.03. The number of carbonyl (C=O) groups is 1. The van der Waals surface area contributed by atoms with Crippen LogP contribution in [0.5, 0.6) is 5.75 Å². The molecule has 0 aliphatic heterocycles. The number of rotatable bonds is 7. The van der Waals surface area contributed by atoms with Gasteiger partial charge in [0.15, 0.2) is 5.11 Å². The summed E-state index contributed by atoms with van der Waals surface area (Å²) in [6, 6.07) is 13.2. The Morgan fingerprint density at radius 2 is 2.00 bits per heavy atom. The van der Waals surface area contributed by atoms with E-state index >= 15 is 0 Å². The minimum atomic E-state index is -0.479. The smallest absolute Gasteiger partial charge is 0.269 e. The fraction of sp³-hybridized carbons (Fsp3) is 0.200. The van der Waals surface area contributed by atoms with Crippen molar-refractivity contribution in [1.29, 1.82) is 0 Å². The number of carbonyl (C=O) groups excluding carboxylic acids is 1. The lowest BCUT2D eigenvalue weighted by Gasteiger charge is -2.14. The van der Waals surface area contributed by atoms with Crippen LogP contribution in [0.15, 0.2) is 54.6 Å². The van der Waals surface area contributed by atoms with Crippen LogP contribution in [0.1, 0.15) is 25.8 Å². The van der Waals surface area contributed by atoms with Gasteiger partial charge in [0.1, 0.15) is 5.75 Å². The van der Waals surface area contributed by atoms with E-state index in [-0.39, 0.29) is 16.9 Å². The summed E-state index contributed by atoms with van der Waals surface area (Å²) in [5.41, 5.74) is 1.35. The molecule has 7 nitrogen and oxygen atoms in total. The maximum absolute atomic E-state index is 12.0. The number of amides is 1. The van der Waals surface area contributed by atoms with Crippen LogP contribution in [-0.2, 0) is 4.79 Å². The van der Waals surface area contributed by atoms with E-state index in [1.165, 1.54) is 18.2 Å². The zero-order valence-electron chi connectivity index (χ0n) is 15.5. The molecule has 28 heavy (non-hydrogen) atoms. The third kappa shape index (κ3) is 6.81. The van der Waals surface area contributed by atoms with Gasteiger partial charge in [0.25, 0.3) is 5.69 Å². The second-order valence-electron chi connectivity index (χ2n) is 5.99. The molecule has 1 unspecified atom stereocenters. The van der Waals surface area contributed by atoms with Crippen molar-refractivity contribution in [2.45, 2.75) is 26.4 Å². The van der Waals surface area contributed by atoms with E-state index in [4.69, 9.17) is 17.0 Å². The van der Waals surface area contributed by atoms with Crippen LogP contribution >= 0.6 is 12.2 Å². The summed E-state index contributed by atoms with van der Waals surface area (Å²) >= 11 is 5.15. The van der Waals surface area contributed by atoms with Gasteiger partial charge < -0.3 is 10.1 Å². The van der Waals surface area contributed by atoms with Crippen LogP contribution in [0, 0.1) is 10.1 Å². The van der Waals surface area contributed by atoms with E-state index < -0.39 is 10.8 Å². The molecule has 0 heterocycles. The molecule has 1 amide bonds. The Hall–Kier alpha value is -3.26. The van der Waals surface area contributed by atoms with Crippen molar-refractivity contribution in [1.82, 2.24) is 5.32 Å². The number of nitro groups is 1.